The molecular formula is C15H12BrClO2. The molecule has 0 unspecified atom stereocenters. The Kier molecular flexibility index (Phi) is 4.61. The first-order valence-corrected chi connectivity index (χ1v) is 6.88. The highest BCUT2D eigenvalue weighted by molar-refractivity contribution is 9.10. The summed E-state index contributed by atoms with van der Waals surface area (Å²) in [6.07, 6.45) is 0.304. The van der Waals surface area contributed by atoms with E-state index in [-0.39, 0.29) is 5.78 Å². The van der Waals surface area contributed by atoms with Crippen LogP contribution in [-0.4, -0.2) is 12.9 Å². The lowest BCUT2D eigenvalue weighted by molar-refractivity contribution is 0.0993. The van der Waals surface area contributed by atoms with Crippen molar-refractivity contribution in [3.63, 3.8) is 0 Å². The summed E-state index contributed by atoms with van der Waals surface area (Å²) in [5, 5.41) is 0.460. The number of Topliss-reactive ketones (excluding diaryl/α,β-unsaturated/α-hetero) is 1. The SMILES string of the molecule is COc1cccc(CC(=O)c2ccc(Br)cc2Cl)c1. The molecule has 0 aromatic heterocycles. The van der Waals surface area contributed by atoms with Crippen molar-refractivity contribution in [2.75, 3.05) is 7.11 Å². The third-order valence-corrected chi connectivity index (χ3v) is 3.54. The van der Waals surface area contributed by atoms with E-state index in [2.05, 4.69) is 15.9 Å². The van der Waals surface area contributed by atoms with E-state index in [0.717, 1.165) is 15.8 Å². The number of halogens is 2. The molecule has 0 radical (unpaired) electrons. The van der Waals surface area contributed by atoms with Gasteiger partial charge in [0, 0.05) is 16.5 Å². The van der Waals surface area contributed by atoms with Crippen LogP contribution < -0.4 is 4.74 Å². The molecule has 2 aromatic carbocycles. The van der Waals surface area contributed by atoms with Crippen LogP contribution >= 0.6 is 27.5 Å². The highest BCUT2D eigenvalue weighted by Crippen LogP contribution is 2.23. The Balaban J connectivity index is 2.20. The average molecular weight is 340 g/mol. The smallest absolute Gasteiger partial charge is 0.168 e. The van der Waals surface area contributed by atoms with E-state index in [1.807, 2.05) is 30.3 Å². The summed E-state index contributed by atoms with van der Waals surface area (Å²) in [6.45, 7) is 0. The zero-order valence-electron chi connectivity index (χ0n) is 10.3. The van der Waals surface area contributed by atoms with Gasteiger partial charge in [0.25, 0.3) is 0 Å². The Labute approximate surface area is 125 Å². The van der Waals surface area contributed by atoms with E-state index in [9.17, 15) is 4.79 Å². The van der Waals surface area contributed by atoms with Crippen LogP contribution in [0.15, 0.2) is 46.9 Å². The Bertz CT molecular complexity index is 611. The molecule has 0 fully saturated rings. The van der Waals surface area contributed by atoms with Crippen LogP contribution in [0.5, 0.6) is 5.75 Å². The molecule has 0 saturated carbocycles. The van der Waals surface area contributed by atoms with Gasteiger partial charge in [-0.3, -0.25) is 4.79 Å². The van der Waals surface area contributed by atoms with Crippen LogP contribution in [0.25, 0.3) is 0 Å². The fraction of sp³-hybridized carbons (Fsp3) is 0.133. The van der Waals surface area contributed by atoms with Crippen molar-refractivity contribution in [1.82, 2.24) is 0 Å². The van der Waals surface area contributed by atoms with Crippen molar-refractivity contribution < 1.29 is 9.53 Å². The van der Waals surface area contributed by atoms with Gasteiger partial charge in [-0.2, -0.15) is 0 Å². The molecular weight excluding hydrogens is 328 g/mol. The van der Waals surface area contributed by atoms with Crippen molar-refractivity contribution in [3.05, 3.63) is 63.1 Å². The van der Waals surface area contributed by atoms with E-state index in [1.54, 1.807) is 19.2 Å². The zero-order chi connectivity index (χ0) is 13.8. The molecule has 0 amide bonds. The Morgan fingerprint density at radius 1 is 1.26 bits per heavy atom. The lowest BCUT2D eigenvalue weighted by atomic mass is 10.0. The number of carbonyl (C=O) groups excluding carboxylic acids is 1. The molecule has 0 spiro atoms. The predicted molar refractivity (Wildman–Crippen MR) is 80.2 cm³/mol. The van der Waals surface area contributed by atoms with Crippen molar-refractivity contribution in [3.8, 4) is 5.75 Å². The number of benzene rings is 2. The largest absolute Gasteiger partial charge is 0.497 e. The molecule has 98 valence electrons. The number of methoxy groups -OCH3 is 1. The van der Waals surface area contributed by atoms with Gasteiger partial charge < -0.3 is 4.74 Å². The van der Waals surface area contributed by atoms with Crippen molar-refractivity contribution in [2.45, 2.75) is 6.42 Å². The summed E-state index contributed by atoms with van der Waals surface area (Å²) >= 11 is 9.39. The molecule has 0 saturated heterocycles. The molecule has 0 aliphatic rings. The van der Waals surface area contributed by atoms with Crippen molar-refractivity contribution in [2.24, 2.45) is 0 Å². The molecule has 2 rings (SSSR count). The van der Waals surface area contributed by atoms with Crippen LogP contribution in [0.4, 0.5) is 0 Å². The standard InChI is InChI=1S/C15H12BrClO2/c1-19-12-4-2-3-10(7-12)8-15(18)13-6-5-11(16)9-14(13)17/h2-7,9H,8H2,1H3. The first-order valence-electron chi connectivity index (χ1n) is 5.71. The molecule has 0 heterocycles. The fourth-order valence-corrected chi connectivity index (χ4v) is 2.56. The predicted octanol–water partition coefficient (Wildman–Crippen LogP) is 4.54. The van der Waals surface area contributed by atoms with Gasteiger partial charge >= 0.3 is 0 Å². The average Bonchev–Trinajstić information content (AvgIpc) is 2.38. The Morgan fingerprint density at radius 2 is 2.05 bits per heavy atom. The minimum absolute atomic E-state index is 0.00856. The topological polar surface area (TPSA) is 26.3 Å². The van der Waals surface area contributed by atoms with Crippen LogP contribution in [0.1, 0.15) is 15.9 Å². The van der Waals surface area contributed by atoms with E-state index < -0.39 is 0 Å². The number of hydrogen-bond acceptors (Lipinski definition) is 2. The monoisotopic (exact) mass is 338 g/mol. The molecule has 0 atom stereocenters. The Morgan fingerprint density at radius 3 is 2.74 bits per heavy atom. The Hall–Kier alpha value is -1.32. The molecule has 2 aromatic rings. The van der Waals surface area contributed by atoms with E-state index in [1.165, 1.54) is 0 Å². The molecule has 0 N–H and O–H groups in total. The second-order valence-electron chi connectivity index (χ2n) is 4.08. The van der Waals surface area contributed by atoms with Crippen LogP contribution in [0.3, 0.4) is 0 Å². The summed E-state index contributed by atoms with van der Waals surface area (Å²) in [6, 6.07) is 12.7. The number of rotatable bonds is 4. The van der Waals surface area contributed by atoms with Gasteiger partial charge in [-0.15, -0.1) is 0 Å². The number of ketones is 1. The van der Waals surface area contributed by atoms with Crippen molar-refractivity contribution in [1.29, 1.82) is 0 Å². The van der Waals surface area contributed by atoms with E-state index in [4.69, 9.17) is 16.3 Å². The lowest BCUT2D eigenvalue weighted by Crippen LogP contribution is -2.04. The van der Waals surface area contributed by atoms with Crippen LogP contribution in [0.2, 0.25) is 5.02 Å². The summed E-state index contributed by atoms with van der Waals surface area (Å²) in [7, 11) is 1.60. The lowest BCUT2D eigenvalue weighted by Gasteiger charge is -2.06. The maximum atomic E-state index is 12.2. The first-order chi connectivity index (χ1) is 9.10. The minimum Gasteiger partial charge on any atom is -0.497 e. The second kappa shape index (κ2) is 6.22. The quantitative estimate of drug-likeness (QED) is 0.765. The fourth-order valence-electron chi connectivity index (χ4n) is 1.78. The van der Waals surface area contributed by atoms with Gasteiger partial charge in [-0.05, 0) is 35.9 Å². The molecule has 0 aliphatic carbocycles. The van der Waals surface area contributed by atoms with Gasteiger partial charge in [0.2, 0.25) is 0 Å². The van der Waals surface area contributed by atoms with Gasteiger partial charge in [-0.25, -0.2) is 0 Å². The normalized spacial score (nSPS) is 10.3. The maximum absolute atomic E-state index is 12.2. The summed E-state index contributed by atoms with van der Waals surface area (Å²) in [4.78, 5) is 12.2. The van der Waals surface area contributed by atoms with Gasteiger partial charge in [0.05, 0.1) is 12.1 Å². The zero-order valence-corrected chi connectivity index (χ0v) is 12.7. The minimum atomic E-state index is -0.00856. The van der Waals surface area contributed by atoms with Gasteiger partial charge in [0.15, 0.2) is 5.78 Å². The molecule has 19 heavy (non-hydrogen) atoms. The highest BCUT2D eigenvalue weighted by Gasteiger charge is 2.11. The third kappa shape index (κ3) is 3.58. The maximum Gasteiger partial charge on any atom is 0.168 e. The third-order valence-electron chi connectivity index (χ3n) is 2.73. The second-order valence-corrected chi connectivity index (χ2v) is 5.40. The highest BCUT2D eigenvalue weighted by atomic mass is 79.9. The summed E-state index contributed by atoms with van der Waals surface area (Å²) < 4.78 is 5.99. The number of hydrogen-bond donors (Lipinski definition) is 0. The number of carbonyl (C=O) groups is 1. The van der Waals surface area contributed by atoms with Crippen LogP contribution in [-0.2, 0) is 6.42 Å². The number of ether oxygens (including phenoxy) is 1. The van der Waals surface area contributed by atoms with Gasteiger partial charge in [-0.1, -0.05) is 39.7 Å². The van der Waals surface area contributed by atoms with Gasteiger partial charge in [0.1, 0.15) is 5.75 Å². The molecule has 2 nitrogen and oxygen atoms in total. The summed E-state index contributed by atoms with van der Waals surface area (Å²) in [5.41, 5.74) is 1.44. The molecule has 0 aliphatic heterocycles. The molecule has 4 heteroatoms. The van der Waals surface area contributed by atoms with E-state index >= 15 is 0 Å². The summed E-state index contributed by atoms with van der Waals surface area (Å²) in [5.74, 6) is 0.734. The van der Waals surface area contributed by atoms with Crippen molar-refractivity contribution >= 4 is 33.3 Å². The van der Waals surface area contributed by atoms with E-state index in [0.29, 0.717) is 17.0 Å². The van der Waals surface area contributed by atoms with Crippen LogP contribution in [0, 0.1) is 0 Å². The first kappa shape index (κ1) is 14.1. The molecule has 0 bridgehead atoms.